The molecule has 2 N–H and O–H groups in total. The van der Waals surface area contributed by atoms with Gasteiger partial charge in [0, 0.05) is 18.7 Å². The van der Waals surface area contributed by atoms with Gasteiger partial charge in [-0.05, 0) is 18.1 Å². The van der Waals surface area contributed by atoms with Gasteiger partial charge in [0.1, 0.15) is 0 Å². The molecule has 0 fully saturated rings. The lowest BCUT2D eigenvalue weighted by molar-refractivity contribution is -0.385. The van der Waals surface area contributed by atoms with E-state index in [0.717, 1.165) is 0 Å². The summed E-state index contributed by atoms with van der Waals surface area (Å²) in [6.45, 7) is 1.79. The van der Waals surface area contributed by atoms with Gasteiger partial charge >= 0.3 is 0 Å². The molecule has 0 bridgehead atoms. The van der Waals surface area contributed by atoms with Crippen LogP contribution in [-0.4, -0.2) is 4.92 Å². The number of nitro groups is 1. The Morgan fingerprint density at radius 3 is 2.71 bits per heavy atom. The van der Waals surface area contributed by atoms with Gasteiger partial charge in [-0.25, -0.2) is 0 Å². The number of nitro benzene ring substituents is 1. The van der Waals surface area contributed by atoms with Crippen molar-refractivity contribution in [3.8, 4) is 6.07 Å². The molecule has 1 rings (SSSR count). The summed E-state index contributed by atoms with van der Waals surface area (Å²) >= 11 is 0. The highest BCUT2D eigenvalue weighted by Gasteiger charge is 2.12. The van der Waals surface area contributed by atoms with Crippen molar-refractivity contribution in [2.75, 3.05) is 0 Å². The van der Waals surface area contributed by atoms with Crippen LogP contribution in [0.25, 0.3) is 0 Å². The highest BCUT2D eigenvalue weighted by atomic mass is 16.6. The predicted molar refractivity (Wildman–Crippen MR) is 50.4 cm³/mol. The Morgan fingerprint density at radius 1 is 1.64 bits per heavy atom. The molecule has 72 valence electrons. The van der Waals surface area contributed by atoms with Crippen LogP contribution in [0.5, 0.6) is 0 Å². The monoisotopic (exact) mass is 191 g/mol. The maximum atomic E-state index is 10.5. The average Bonchev–Trinajstić information content (AvgIpc) is 2.16. The van der Waals surface area contributed by atoms with Crippen molar-refractivity contribution in [2.24, 2.45) is 5.73 Å². The van der Waals surface area contributed by atoms with Crippen LogP contribution in [0.3, 0.4) is 0 Å². The fourth-order valence-corrected chi connectivity index (χ4v) is 1.27. The van der Waals surface area contributed by atoms with E-state index in [-0.39, 0.29) is 12.2 Å². The summed E-state index contributed by atoms with van der Waals surface area (Å²) < 4.78 is 0. The molecule has 0 aromatic heterocycles. The van der Waals surface area contributed by atoms with Crippen LogP contribution in [0.4, 0.5) is 5.69 Å². The summed E-state index contributed by atoms with van der Waals surface area (Å²) in [6, 6.07) is 4.69. The van der Waals surface area contributed by atoms with Crippen LogP contribution >= 0.6 is 0 Å². The second kappa shape index (κ2) is 3.85. The van der Waals surface area contributed by atoms with E-state index in [1.165, 1.54) is 12.1 Å². The third-order valence-corrected chi connectivity index (χ3v) is 1.94. The van der Waals surface area contributed by atoms with E-state index in [1.807, 2.05) is 6.07 Å². The minimum atomic E-state index is -0.493. The first kappa shape index (κ1) is 10.2. The Balaban J connectivity index is 3.40. The molecule has 0 atom stereocenters. The molecule has 1 aromatic carbocycles. The van der Waals surface area contributed by atoms with Gasteiger partial charge in [0.15, 0.2) is 0 Å². The summed E-state index contributed by atoms with van der Waals surface area (Å²) in [7, 11) is 0. The van der Waals surface area contributed by atoms with Gasteiger partial charge in [0.25, 0.3) is 5.69 Å². The second-order valence-corrected chi connectivity index (χ2v) is 2.87. The normalized spacial score (nSPS) is 9.50. The summed E-state index contributed by atoms with van der Waals surface area (Å²) in [5.41, 5.74) is 6.89. The van der Waals surface area contributed by atoms with Crippen LogP contribution < -0.4 is 5.73 Å². The number of hydrogen-bond acceptors (Lipinski definition) is 4. The van der Waals surface area contributed by atoms with Gasteiger partial charge < -0.3 is 5.73 Å². The first-order valence-electron chi connectivity index (χ1n) is 3.98. The molecule has 0 saturated carbocycles. The van der Waals surface area contributed by atoms with Crippen LogP contribution in [0.2, 0.25) is 0 Å². The molecule has 0 saturated heterocycles. The number of nitrogens with zero attached hydrogens (tertiary/aromatic N) is 2. The molecule has 0 aliphatic heterocycles. The van der Waals surface area contributed by atoms with Crippen molar-refractivity contribution in [1.29, 1.82) is 5.26 Å². The fraction of sp³-hybridized carbons (Fsp3) is 0.222. The quantitative estimate of drug-likeness (QED) is 0.562. The van der Waals surface area contributed by atoms with Crippen molar-refractivity contribution in [1.82, 2.24) is 0 Å². The van der Waals surface area contributed by atoms with Gasteiger partial charge in [0.05, 0.1) is 16.6 Å². The van der Waals surface area contributed by atoms with Crippen LogP contribution in [-0.2, 0) is 6.54 Å². The summed E-state index contributed by atoms with van der Waals surface area (Å²) in [6.07, 6.45) is 0. The van der Waals surface area contributed by atoms with E-state index < -0.39 is 4.92 Å². The largest absolute Gasteiger partial charge is 0.326 e. The zero-order valence-corrected chi connectivity index (χ0v) is 7.65. The predicted octanol–water partition coefficient (Wildman–Crippen LogP) is 1.23. The molecule has 0 unspecified atom stereocenters. The highest BCUT2D eigenvalue weighted by Crippen LogP contribution is 2.21. The Labute approximate surface area is 80.9 Å². The SMILES string of the molecule is Cc1cc([N+](=O)[O-])cc(CN)c1C#N. The molecular formula is C9H9N3O2. The lowest BCUT2D eigenvalue weighted by Gasteiger charge is -2.03. The van der Waals surface area contributed by atoms with E-state index >= 15 is 0 Å². The molecule has 14 heavy (non-hydrogen) atoms. The molecule has 0 amide bonds. The molecule has 0 aliphatic carbocycles. The molecule has 0 spiro atoms. The zero-order valence-electron chi connectivity index (χ0n) is 7.65. The van der Waals surface area contributed by atoms with Gasteiger partial charge in [-0.2, -0.15) is 5.26 Å². The molecule has 0 aliphatic rings. The number of aryl methyl sites for hydroxylation is 1. The third-order valence-electron chi connectivity index (χ3n) is 1.94. The van der Waals surface area contributed by atoms with Gasteiger partial charge in [0.2, 0.25) is 0 Å². The van der Waals surface area contributed by atoms with Crippen molar-refractivity contribution < 1.29 is 4.92 Å². The maximum absolute atomic E-state index is 10.5. The minimum absolute atomic E-state index is 0.0260. The molecule has 0 heterocycles. The number of benzene rings is 1. The first-order chi connectivity index (χ1) is 6.60. The van der Waals surface area contributed by atoms with E-state index in [0.29, 0.717) is 16.7 Å². The number of nitrogens with two attached hydrogens (primary N) is 1. The summed E-state index contributed by atoms with van der Waals surface area (Å²) in [4.78, 5) is 10.0. The van der Waals surface area contributed by atoms with Gasteiger partial charge in [-0.15, -0.1) is 0 Å². The standard InChI is InChI=1S/C9H9N3O2/c1-6-2-8(12(13)14)3-7(4-10)9(6)5-11/h2-3H,4,10H2,1H3. The Morgan fingerprint density at radius 2 is 2.29 bits per heavy atom. The van der Waals surface area contributed by atoms with Crippen LogP contribution in [0, 0.1) is 28.4 Å². The second-order valence-electron chi connectivity index (χ2n) is 2.87. The fourth-order valence-electron chi connectivity index (χ4n) is 1.27. The lowest BCUT2D eigenvalue weighted by Crippen LogP contribution is -2.02. The molecule has 5 nitrogen and oxygen atoms in total. The van der Waals surface area contributed by atoms with Gasteiger partial charge in [-0.3, -0.25) is 10.1 Å². The third kappa shape index (κ3) is 1.70. The lowest BCUT2D eigenvalue weighted by atomic mass is 10.0. The van der Waals surface area contributed by atoms with Crippen molar-refractivity contribution >= 4 is 5.69 Å². The Kier molecular flexibility index (Phi) is 2.79. The molecular weight excluding hydrogens is 182 g/mol. The zero-order chi connectivity index (χ0) is 10.7. The smallest absolute Gasteiger partial charge is 0.270 e. The molecule has 0 radical (unpaired) electrons. The summed E-state index contributed by atoms with van der Waals surface area (Å²) in [5, 5.41) is 19.3. The summed E-state index contributed by atoms with van der Waals surface area (Å²) in [5.74, 6) is 0. The van der Waals surface area contributed by atoms with E-state index in [2.05, 4.69) is 0 Å². The number of rotatable bonds is 2. The maximum Gasteiger partial charge on any atom is 0.270 e. The molecule has 1 aromatic rings. The Bertz CT molecular complexity index is 421. The van der Waals surface area contributed by atoms with Crippen molar-refractivity contribution in [2.45, 2.75) is 13.5 Å². The van der Waals surface area contributed by atoms with Gasteiger partial charge in [-0.1, -0.05) is 0 Å². The number of nitriles is 1. The van der Waals surface area contributed by atoms with Crippen molar-refractivity contribution in [3.63, 3.8) is 0 Å². The topological polar surface area (TPSA) is 92.9 Å². The average molecular weight is 191 g/mol. The van der Waals surface area contributed by atoms with Crippen molar-refractivity contribution in [3.05, 3.63) is 38.9 Å². The van der Waals surface area contributed by atoms with Crippen LogP contribution in [0.1, 0.15) is 16.7 Å². The molecule has 5 heteroatoms. The minimum Gasteiger partial charge on any atom is -0.326 e. The van der Waals surface area contributed by atoms with E-state index in [4.69, 9.17) is 11.0 Å². The first-order valence-corrected chi connectivity index (χ1v) is 3.98. The van der Waals surface area contributed by atoms with E-state index in [1.54, 1.807) is 6.92 Å². The highest BCUT2D eigenvalue weighted by molar-refractivity contribution is 5.50. The Hall–Kier alpha value is -1.93. The number of hydrogen-bond donors (Lipinski definition) is 1. The van der Waals surface area contributed by atoms with E-state index in [9.17, 15) is 10.1 Å². The number of non-ortho nitro benzene ring substituents is 1. The van der Waals surface area contributed by atoms with Crippen LogP contribution in [0.15, 0.2) is 12.1 Å².